The topological polar surface area (TPSA) is 227 Å². The number of rotatable bonds is 25. The van der Waals surface area contributed by atoms with Gasteiger partial charge in [-0.05, 0) is 99.8 Å². The van der Waals surface area contributed by atoms with Crippen LogP contribution in [-0.2, 0) is 52.4 Å². The van der Waals surface area contributed by atoms with E-state index >= 15 is 9.59 Å². The molecule has 7 rings (SSSR count). The molecule has 1 amide bonds. The summed E-state index contributed by atoms with van der Waals surface area (Å²) in [6.45, 7) is 10.1. The lowest BCUT2D eigenvalue weighted by Gasteiger charge is -2.67. The Morgan fingerprint density at radius 1 is 0.706 bits per heavy atom. The van der Waals surface area contributed by atoms with Crippen LogP contribution in [-0.4, -0.2) is 106 Å². The molecule has 2 bridgehead atoms. The Labute approximate surface area is 498 Å². The summed E-state index contributed by atoms with van der Waals surface area (Å²) in [5.41, 5.74) is -7.33. The molecular formula is C69H81NO15. The fourth-order valence-corrected chi connectivity index (χ4v) is 12.3. The first-order valence-corrected chi connectivity index (χ1v) is 29.3. The minimum Gasteiger partial charge on any atom is -0.455 e. The Bertz CT molecular complexity index is 3070. The molecule has 1 saturated heterocycles. The van der Waals surface area contributed by atoms with Crippen LogP contribution >= 0.6 is 0 Å². The summed E-state index contributed by atoms with van der Waals surface area (Å²) < 4.78 is 37.2. The van der Waals surface area contributed by atoms with Crippen LogP contribution in [0.1, 0.15) is 145 Å². The number of hydrogen-bond acceptors (Lipinski definition) is 15. The van der Waals surface area contributed by atoms with Crippen molar-refractivity contribution in [1.29, 1.82) is 0 Å². The van der Waals surface area contributed by atoms with E-state index in [0.29, 0.717) is 12.0 Å². The van der Waals surface area contributed by atoms with Gasteiger partial charge < -0.3 is 44.0 Å². The van der Waals surface area contributed by atoms with Crippen LogP contribution in [0.2, 0.25) is 0 Å². The quantitative estimate of drug-likeness (QED) is 0.0407. The van der Waals surface area contributed by atoms with Crippen molar-refractivity contribution in [2.75, 3.05) is 6.61 Å². The van der Waals surface area contributed by atoms with Gasteiger partial charge in [-0.1, -0.05) is 160 Å². The van der Waals surface area contributed by atoms with Gasteiger partial charge >= 0.3 is 29.8 Å². The highest BCUT2D eigenvalue weighted by Gasteiger charge is 2.78. The summed E-state index contributed by atoms with van der Waals surface area (Å²) in [6.07, 6.45) is 19.4. The SMILES string of the molecule is CCC=CCC=CCC=CCC=CCC=CCC=CCCC(=O)OC(C(=O)OC1CC2(O)C(OC(=O)c3ccccc3)C3C4(OC(C)=O)COC4CC(O)C3(C)C(=O)C(OC(C)=O)C(=C1C)C2(C)C)C(NC(=O)c1ccccc1)c1ccccc1. The average molecular weight is 1160 g/mol. The second kappa shape index (κ2) is 29.3. The number of ether oxygens (including phenoxy) is 6. The lowest BCUT2D eigenvalue weighted by atomic mass is 9.44. The Kier molecular flexibility index (Phi) is 22.4. The van der Waals surface area contributed by atoms with Crippen LogP contribution < -0.4 is 5.32 Å². The molecule has 16 heteroatoms. The van der Waals surface area contributed by atoms with Crippen LogP contribution in [0.15, 0.2) is 175 Å². The van der Waals surface area contributed by atoms with Gasteiger partial charge in [0.2, 0.25) is 6.10 Å². The molecule has 0 spiro atoms. The highest BCUT2D eigenvalue weighted by molar-refractivity contribution is 5.96. The fraction of sp³-hybridized carbons (Fsp3) is 0.435. The van der Waals surface area contributed by atoms with E-state index in [1.807, 2.05) is 18.2 Å². The van der Waals surface area contributed by atoms with E-state index in [1.54, 1.807) is 92.7 Å². The van der Waals surface area contributed by atoms with E-state index in [2.05, 4.69) is 66.9 Å². The Hall–Kier alpha value is -7.79. The summed E-state index contributed by atoms with van der Waals surface area (Å²) in [7, 11) is 0. The second-order valence-corrected chi connectivity index (χ2v) is 22.8. The number of nitrogens with one attached hydrogen (secondary N) is 1. The van der Waals surface area contributed by atoms with E-state index in [-0.39, 0.29) is 48.1 Å². The average Bonchev–Trinajstić information content (AvgIpc) is 0.690. The van der Waals surface area contributed by atoms with Crippen LogP contribution in [0.25, 0.3) is 0 Å². The van der Waals surface area contributed by atoms with Crippen molar-refractivity contribution in [1.82, 2.24) is 5.32 Å². The number of carbonyl (C=O) groups is 7. The van der Waals surface area contributed by atoms with Gasteiger partial charge in [0.25, 0.3) is 5.91 Å². The molecule has 3 aromatic carbocycles. The largest absolute Gasteiger partial charge is 0.455 e. The lowest BCUT2D eigenvalue weighted by Crippen LogP contribution is -2.82. The van der Waals surface area contributed by atoms with Gasteiger partial charge in [0.1, 0.15) is 30.0 Å². The molecule has 1 aliphatic heterocycles. The monoisotopic (exact) mass is 1160 g/mol. The summed E-state index contributed by atoms with van der Waals surface area (Å²) in [4.78, 5) is 101. The summed E-state index contributed by atoms with van der Waals surface area (Å²) in [6, 6.07) is 23.1. The third-order valence-corrected chi connectivity index (χ3v) is 16.8. The van der Waals surface area contributed by atoms with E-state index in [0.717, 1.165) is 46.0 Å². The van der Waals surface area contributed by atoms with Crippen molar-refractivity contribution in [3.8, 4) is 0 Å². The van der Waals surface area contributed by atoms with E-state index in [1.165, 1.54) is 26.0 Å². The standard InChI is InChI=1S/C69H81NO15/c1-8-9-10-11-12-13-14-15-16-17-18-19-20-21-22-23-24-25-35-42-55(74)83-59(57(49-36-29-26-30-37-49)70-63(76)50-38-31-27-32-39-50)65(78)82-52-44-69(79)62(84-64(77)51-40-33-28-34-41-51)60-67(7,53(73)43-54-68(60,45-80-54)85-48(4)72)61(75)58(81-47(3)71)56(46(52)2)66(69,5)6/h9-10,12-13,15-16,18-19,21-22,24-34,36-41,52-54,57-60,62,73,79H,8,11,14,17,20,23,35,42-45H2,1-7H3,(H,70,76). The van der Waals surface area contributed by atoms with Crippen molar-refractivity contribution in [3.05, 3.63) is 192 Å². The van der Waals surface area contributed by atoms with E-state index < -0.39 is 119 Å². The van der Waals surface area contributed by atoms with Crippen molar-refractivity contribution in [2.45, 2.75) is 167 Å². The predicted octanol–water partition coefficient (Wildman–Crippen LogP) is 10.8. The molecular weight excluding hydrogens is 1080 g/mol. The maximum atomic E-state index is 15.8. The molecule has 452 valence electrons. The van der Waals surface area contributed by atoms with Crippen molar-refractivity contribution in [3.63, 3.8) is 0 Å². The Balaban J connectivity index is 1.21. The summed E-state index contributed by atoms with van der Waals surface area (Å²) >= 11 is 0. The molecule has 11 atom stereocenters. The van der Waals surface area contributed by atoms with Gasteiger partial charge in [0, 0.05) is 44.1 Å². The van der Waals surface area contributed by atoms with Gasteiger partial charge in [-0.25, -0.2) is 9.59 Å². The van der Waals surface area contributed by atoms with Gasteiger partial charge in [-0.3, -0.25) is 24.0 Å². The third kappa shape index (κ3) is 14.8. The molecule has 11 unspecified atom stereocenters. The zero-order valence-corrected chi connectivity index (χ0v) is 49.7. The fourth-order valence-electron chi connectivity index (χ4n) is 12.3. The molecule has 16 nitrogen and oxygen atoms in total. The molecule has 0 radical (unpaired) electrons. The third-order valence-electron chi connectivity index (χ3n) is 16.8. The first kappa shape index (κ1) is 64.8. The van der Waals surface area contributed by atoms with Gasteiger partial charge in [0.15, 0.2) is 17.5 Å². The second-order valence-electron chi connectivity index (χ2n) is 22.8. The normalized spacial score (nSPS) is 27.0. The van der Waals surface area contributed by atoms with Gasteiger partial charge in [-0.2, -0.15) is 0 Å². The van der Waals surface area contributed by atoms with Gasteiger partial charge in [-0.15, -0.1) is 0 Å². The minimum atomic E-state index is -2.46. The van der Waals surface area contributed by atoms with Crippen LogP contribution in [0, 0.1) is 16.7 Å². The summed E-state index contributed by atoms with van der Waals surface area (Å²) in [5.74, 6) is -7.73. The Morgan fingerprint density at radius 3 is 1.75 bits per heavy atom. The number of ketones is 1. The maximum Gasteiger partial charge on any atom is 0.350 e. The Morgan fingerprint density at radius 2 is 1.24 bits per heavy atom. The number of carbonyl (C=O) groups excluding carboxylic acids is 7. The number of allylic oxidation sites excluding steroid dienone is 12. The zero-order valence-electron chi connectivity index (χ0n) is 49.7. The molecule has 3 fully saturated rings. The predicted molar refractivity (Wildman–Crippen MR) is 319 cm³/mol. The lowest BCUT2D eigenvalue weighted by molar-refractivity contribution is -0.346. The highest BCUT2D eigenvalue weighted by atomic mass is 16.6. The molecule has 3 aromatic rings. The number of amides is 1. The smallest absolute Gasteiger partial charge is 0.350 e. The molecule has 1 heterocycles. The van der Waals surface area contributed by atoms with E-state index in [9.17, 15) is 34.2 Å². The van der Waals surface area contributed by atoms with Crippen molar-refractivity contribution < 1.29 is 72.2 Å². The van der Waals surface area contributed by atoms with Gasteiger partial charge in [0.05, 0.1) is 29.6 Å². The molecule has 2 saturated carbocycles. The number of hydrogen-bond donors (Lipinski definition) is 3. The number of aliphatic hydroxyl groups excluding tert-OH is 1. The minimum absolute atomic E-state index is 0.0256. The maximum absolute atomic E-state index is 15.8. The van der Waals surface area contributed by atoms with Crippen LogP contribution in [0.5, 0.6) is 0 Å². The number of Topliss-reactive ketones (excluding diaryl/α,β-unsaturated/α-hetero) is 1. The van der Waals surface area contributed by atoms with Crippen LogP contribution in [0.4, 0.5) is 0 Å². The number of aliphatic hydroxyl groups is 2. The first-order valence-electron chi connectivity index (χ1n) is 29.3. The van der Waals surface area contributed by atoms with Crippen LogP contribution in [0.3, 0.4) is 0 Å². The number of fused-ring (bicyclic) bond motifs is 5. The first-order chi connectivity index (χ1) is 40.7. The van der Waals surface area contributed by atoms with Crippen molar-refractivity contribution in [2.24, 2.45) is 16.7 Å². The van der Waals surface area contributed by atoms with E-state index in [4.69, 9.17) is 28.4 Å². The molecule has 0 aromatic heterocycles. The zero-order chi connectivity index (χ0) is 61.4. The highest BCUT2D eigenvalue weighted by Crippen LogP contribution is 2.64. The number of esters is 5. The number of benzene rings is 3. The summed E-state index contributed by atoms with van der Waals surface area (Å²) in [5, 5.41) is 29.2. The molecule has 3 N–H and O–H groups in total. The molecule has 3 aliphatic carbocycles. The molecule has 4 aliphatic rings. The van der Waals surface area contributed by atoms with Crippen molar-refractivity contribution >= 4 is 41.5 Å². The molecule has 85 heavy (non-hydrogen) atoms.